The molecule has 39 heavy (non-hydrogen) atoms. The molecule has 0 aliphatic rings. The van der Waals surface area contributed by atoms with Crippen LogP contribution in [0.15, 0.2) is 121 Å². The Morgan fingerprint density at radius 2 is 1.00 bits per heavy atom. The zero-order valence-corrected chi connectivity index (χ0v) is 21.4. The highest BCUT2D eigenvalue weighted by molar-refractivity contribution is 6.28. The molecule has 8 rings (SSSR count). The summed E-state index contributed by atoms with van der Waals surface area (Å²) >= 11 is 6.54. The number of aromatic nitrogens is 5. The van der Waals surface area contributed by atoms with Crippen LogP contribution in [0.4, 0.5) is 0 Å². The largest absolute Gasteiger partial charge is 0.309 e. The van der Waals surface area contributed by atoms with E-state index in [1.165, 1.54) is 5.39 Å². The molecule has 0 atom stereocenters. The smallest absolute Gasteiger partial charge is 0.239 e. The van der Waals surface area contributed by atoms with Gasteiger partial charge in [0.1, 0.15) is 0 Å². The molecular weight excluding hydrogens is 502 g/mol. The molecule has 0 saturated heterocycles. The summed E-state index contributed by atoms with van der Waals surface area (Å²) in [6.45, 7) is 0. The average Bonchev–Trinajstić information content (AvgIpc) is 3.50. The third-order valence-corrected chi connectivity index (χ3v) is 7.49. The topological polar surface area (TPSA) is 48.5 Å². The molecule has 3 heterocycles. The number of rotatable bonds is 3. The van der Waals surface area contributed by atoms with E-state index in [1.807, 2.05) is 30.3 Å². The SMILES string of the molecule is Clc1nc(-c2ccc3c(c2)c2ccccc2n3-c2ccccc2)nc(-n2c3ccccc3c3ccccc32)n1. The standard InChI is InChI=1S/C33H20ClN5/c34-32-35-31(36-33(37-32)39-28-16-8-4-12-23(28)24-13-5-9-17-29(24)39)21-18-19-30-26(20-21)25-14-6-7-15-27(25)38(30)22-10-2-1-3-11-22/h1-20H. The predicted octanol–water partition coefficient (Wildman–Crippen LogP) is 8.39. The first kappa shape index (κ1) is 22.0. The van der Waals surface area contributed by atoms with Crippen molar-refractivity contribution in [2.75, 3.05) is 0 Å². The summed E-state index contributed by atoms with van der Waals surface area (Å²) in [6, 6.07) is 41.8. The third kappa shape index (κ3) is 3.37. The van der Waals surface area contributed by atoms with Crippen molar-refractivity contribution in [1.29, 1.82) is 0 Å². The van der Waals surface area contributed by atoms with E-state index in [0.29, 0.717) is 11.8 Å². The van der Waals surface area contributed by atoms with Gasteiger partial charge in [-0.1, -0.05) is 72.8 Å². The van der Waals surface area contributed by atoms with Gasteiger partial charge in [0.15, 0.2) is 5.82 Å². The Hall–Kier alpha value is -5.00. The van der Waals surface area contributed by atoms with E-state index in [1.54, 1.807) is 0 Å². The number of nitrogens with zero attached hydrogens (tertiary/aromatic N) is 5. The first-order valence-electron chi connectivity index (χ1n) is 12.8. The molecular formula is C33H20ClN5. The Kier molecular flexibility index (Phi) is 4.81. The highest BCUT2D eigenvalue weighted by Gasteiger charge is 2.18. The summed E-state index contributed by atoms with van der Waals surface area (Å²) in [5.41, 5.74) is 6.31. The molecule has 0 radical (unpaired) electrons. The van der Waals surface area contributed by atoms with Gasteiger partial charge in [0.25, 0.3) is 0 Å². The lowest BCUT2D eigenvalue weighted by Crippen LogP contribution is -2.04. The van der Waals surface area contributed by atoms with Crippen LogP contribution in [0.5, 0.6) is 0 Å². The van der Waals surface area contributed by atoms with E-state index in [-0.39, 0.29) is 5.28 Å². The zero-order valence-electron chi connectivity index (χ0n) is 20.7. The minimum absolute atomic E-state index is 0.156. The molecule has 8 aromatic rings. The van der Waals surface area contributed by atoms with Crippen molar-refractivity contribution in [2.45, 2.75) is 0 Å². The van der Waals surface area contributed by atoms with Crippen molar-refractivity contribution in [2.24, 2.45) is 0 Å². The average molecular weight is 522 g/mol. The zero-order chi connectivity index (χ0) is 25.9. The number of hydrogen-bond donors (Lipinski definition) is 0. The van der Waals surface area contributed by atoms with Gasteiger partial charge >= 0.3 is 0 Å². The molecule has 0 amide bonds. The van der Waals surface area contributed by atoms with Crippen molar-refractivity contribution in [1.82, 2.24) is 24.1 Å². The van der Waals surface area contributed by atoms with E-state index in [2.05, 4.69) is 110 Å². The number of fused-ring (bicyclic) bond motifs is 6. The van der Waals surface area contributed by atoms with Gasteiger partial charge in [-0.15, -0.1) is 0 Å². The number of para-hydroxylation sites is 4. The van der Waals surface area contributed by atoms with Gasteiger partial charge in [-0.05, 0) is 60.1 Å². The van der Waals surface area contributed by atoms with Gasteiger partial charge in [0.05, 0.1) is 22.1 Å². The minimum atomic E-state index is 0.156. The number of hydrogen-bond acceptors (Lipinski definition) is 3. The van der Waals surface area contributed by atoms with Crippen molar-refractivity contribution in [3.8, 4) is 23.0 Å². The van der Waals surface area contributed by atoms with Gasteiger partial charge in [-0.3, -0.25) is 4.57 Å². The van der Waals surface area contributed by atoms with Crippen LogP contribution in [0.3, 0.4) is 0 Å². The second-order valence-electron chi connectivity index (χ2n) is 9.52. The van der Waals surface area contributed by atoms with E-state index in [9.17, 15) is 0 Å². The molecule has 0 N–H and O–H groups in total. The fraction of sp³-hybridized carbons (Fsp3) is 0. The summed E-state index contributed by atoms with van der Waals surface area (Å²) in [6.07, 6.45) is 0. The molecule has 0 aliphatic carbocycles. The van der Waals surface area contributed by atoms with E-state index in [4.69, 9.17) is 16.6 Å². The molecule has 0 bridgehead atoms. The Morgan fingerprint density at radius 1 is 0.462 bits per heavy atom. The van der Waals surface area contributed by atoms with Crippen LogP contribution < -0.4 is 0 Å². The summed E-state index contributed by atoms with van der Waals surface area (Å²) in [7, 11) is 0. The van der Waals surface area contributed by atoms with Crippen molar-refractivity contribution >= 4 is 55.2 Å². The molecule has 3 aromatic heterocycles. The van der Waals surface area contributed by atoms with Gasteiger partial charge in [0.2, 0.25) is 11.2 Å². The molecule has 0 fully saturated rings. The summed E-state index contributed by atoms with van der Waals surface area (Å²) in [4.78, 5) is 14.1. The van der Waals surface area contributed by atoms with Crippen LogP contribution in [0.2, 0.25) is 5.28 Å². The maximum absolute atomic E-state index is 6.54. The number of benzene rings is 5. The Bertz CT molecular complexity index is 2140. The van der Waals surface area contributed by atoms with Gasteiger partial charge in [-0.2, -0.15) is 15.0 Å². The lowest BCUT2D eigenvalue weighted by molar-refractivity contribution is 0.947. The molecule has 5 aromatic carbocycles. The monoisotopic (exact) mass is 521 g/mol. The fourth-order valence-electron chi connectivity index (χ4n) is 5.67. The molecule has 5 nitrogen and oxygen atoms in total. The molecule has 0 spiro atoms. The van der Waals surface area contributed by atoms with Gasteiger partial charge < -0.3 is 4.57 Å². The second kappa shape index (κ2) is 8.51. The van der Waals surface area contributed by atoms with Crippen LogP contribution in [0.25, 0.3) is 66.6 Å². The molecule has 0 aliphatic heterocycles. The van der Waals surface area contributed by atoms with Crippen molar-refractivity contribution < 1.29 is 0 Å². The summed E-state index contributed by atoms with van der Waals surface area (Å²) in [5, 5.41) is 4.73. The van der Waals surface area contributed by atoms with E-state index < -0.39 is 0 Å². The van der Waals surface area contributed by atoms with Gasteiger partial charge in [0, 0.05) is 32.8 Å². The lowest BCUT2D eigenvalue weighted by Gasteiger charge is -2.09. The lowest BCUT2D eigenvalue weighted by atomic mass is 10.1. The molecule has 0 unspecified atom stereocenters. The predicted molar refractivity (Wildman–Crippen MR) is 159 cm³/mol. The molecule has 184 valence electrons. The van der Waals surface area contributed by atoms with Crippen LogP contribution >= 0.6 is 11.6 Å². The first-order chi connectivity index (χ1) is 19.3. The maximum Gasteiger partial charge on any atom is 0.239 e. The first-order valence-corrected chi connectivity index (χ1v) is 13.1. The highest BCUT2D eigenvalue weighted by atomic mass is 35.5. The second-order valence-corrected chi connectivity index (χ2v) is 9.86. The van der Waals surface area contributed by atoms with Crippen LogP contribution in [-0.2, 0) is 0 Å². The van der Waals surface area contributed by atoms with Crippen molar-refractivity contribution in [3.63, 3.8) is 0 Å². The molecule has 0 saturated carbocycles. The quantitative estimate of drug-likeness (QED) is 0.234. The van der Waals surface area contributed by atoms with Crippen LogP contribution in [-0.4, -0.2) is 24.1 Å². The summed E-state index contributed by atoms with van der Waals surface area (Å²) in [5.74, 6) is 1.03. The Morgan fingerprint density at radius 3 is 1.67 bits per heavy atom. The maximum atomic E-state index is 6.54. The Balaban J connectivity index is 1.36. The normalized spacial score (nSPS) is 11.7. The van der Waals surface area contributed by atoms with Crippen LogP contribution in [0, 0.1) is 0 Å². The van der Waals surface area contributed by atoms with Crippen molar-refractivity contribution in [3.05, 3.63) is 127 Å². The molecule has 6 heteroatoms. The summed E-state index contributed by atoms with van der Waals surface area (Å²) < 4.78 is 4.35. The van der Waals surface area contributed by atoms with E-state index >= 15 is 0 Å². The van der Waals surface area contributed by atoms with E-state index in [0.717, 1.165) is 49.5 Å². The Labute approximate surface area is 228 Å². The fourth-order valence-corrected chi connectivity index (χ4v) is 5.83. The number of halogens is 1. The third-order valence-electron chi connectivity index (χ3n) is 7.32. The highest BCUT2D eigenvalue weighted by Crippen LogP contribution is 2.35. The van der Waals surface area contributed by atoms with Gasteiger partial charge in [-0.25, -0.2) is 0 Å². The van der Waals surface area contributed by atoms with Crippen LogP contribution in [0.1, 0.15) is 0 Å². The minimum Gasteiger partial charge on any atom is -0.309 e.